The van der Waals surface area contributed by atoms with Crippen molar-refractivity contribution in [1.29, 1.82) is 0 Å². The number of morpholine rings is 1. The van der Waals surface area contributed by atoms with Gasteiger partial charge in [-0.2, -0.15) is 0 Å². The molecule has 2 amide bonds. The van der Waals surface area contributed by atoms with E-state index in [2.05, 4.69) is 5.32 Å². The lowest BCUT2D eigenvalue weighted by Crippen LogP contribution is -2.50. The summed E-state index contributed by atoms with van der Waals surface area (Å²) in [5.41, 5.74) is 0.734. The molecule has 124 valence electrons. The number of amides is 2. The van der Waals surface area contributed by atoms with Crippen LogP contribution >= 0.6 is 11.6 Å². The second-order valence-corrected chi connectivity index (χ2v) is 6.06. The summed E-state index contributed by atoms with van der Waals surface area (Å²) in [7, 11) is 0. The topological polar surface area (TPSA) is 74.9 Å². The van der Waals surface area contributed by atoms with Crippen LogP contribution in [0.1, 0.15) is 18.7 Å². The molecule has 23 heavy (non-hydrogen) atoms. The Balaban J connectivity index is 1.67. The van der Waals surface area contributed by atoms with Crippen molar-refractivity contribution < 1.29 is 19.1 Å². The normalized spacial score (nSPS) is 19.8. The summed E-state index contributed by atoms with van der Waals surface area (Å²) in [5, 5.41) is 13.6. The van der Waals surface area contributed by atoms with Gasteiger partial charge < -0.3 is 24.5 Å². The fraction of sp³-hybridized carbons (Fsp3) is 0.438. The molecule has 3 rings (SSSR count). The van der Waals surface area contributed by atoms with E-state index < -0.39 is 0 Å². The van der Waals surface area contributed by atoms with E-state index in [4.69, 9.17) is 25.9 Å². The standard InChI is InChI=1S/C16H19ClN2O4/c1-10(15-7-11-6-12(17)2-3-14(11)23-15)18-16(21)19-4-5-22-13(8-19)9-20/h2-3,6-7,10,13,20H,4-5,8-9H2,1H3,(H,18,21)/t10-,13+/m0/s1. The molecule has 0 saturated carbocycles. The summed E-state index contributed by atoms with van der Waals surface area (Å²) in [5.74, 6) is 0.669. The minimum atomic E-state index is -0.321. The lowest BCUT2D eigenvalue weighted by atomic mass is 10.2. The molecule has 1 aromatic carbocycles. The van der Waals surface area contributed by atoms with E-state index in [1.807, 2.05) is 25.1 Å². The van der Waals surface area contributed by atoms with Gasteiger partial charge in [0.25, 0.3) is 0 Å². The summed E-state index contributed by atoms with van der Waals surface area (Å²) < 4.78 is 11.1. The van der Waals surface area contributed by atoms with Crippen LogP contribution in [0.5, 0.6) is 0 Å². The number of carbonyl (C=O) groups excluding carboxylic acids is 1. The van der Waals surface area contributed by atoms with Crippen LogP contribution in [-0.4, -0.2) is 48.4 Å². The van der Waals surface area contributed by atoms with Gasteiger partial charge in [-0.15, -0.1) is 0 Å². The van der Waals surface area contributed by atoms with E-state index in [-0.39, 0.29) is 24.8 Å². The largest absolute Gasteiger partial charge is 0.459 e. The van der Waals surface area contributed by atoms with Gasteiger partial charge in [0.1, 0.15) is 11.3 Å². The van der Waals surface area contributed by atoms with Crippen molar-refractivity contribution in [2.24, 2.45) is 0 Å². The number of nitrogens with one attached hydrogen (secondary N) is 1. The minimum Gasteiger partial charge on any atom is -0.459 e. The lowest BCUT2D eigenvalue weighted by molar-refractivity contribution is -0.0405. The van der Waals surface area contributed by atoms with E-state index >= 15 is 0 Å². The van der Waals surface area contributed by atoms with E-state index in [1.165, 1.54) is 0 Å². The van der Waals surface area contributed by atoms with Gasteiger partial charge in [-0.05, 0) is 31.2 Å². The SMILES string of the molecule is C[C@H](NC(=O)N1CCO[C@@H](CO)C1)c1cc2cc(Cl)ccc2o1. The summed E-state index contributed by atoms with van der Waals surface area (Å²) in [4.78, 5) is 14.0. The number of rotatable bonds is 3. The van der Waals surface area contributed by atoms with Crippen LogP contribution in [0.2, 0.25) is 5.02 Å². The van der Waals surface area contributed by atoms with Gasteiger partial charge >= 0.3 is 6.03 Å². The Morgan fingerprint density at radius 1 is 1.52 bits per heavy atom. The van der Waals surface area contributed by atoms with E-state index in [9.17, 15) is 4.79 Å². The molecule has 6 nitrogen and oxygen atoms in total. The van der Waals surface area contributed by atoms with Crippen molar-refractivity contribution in [2.45, 2.75) is 19.1 Å². The van der Waals surface area contributed by atoms with Crippen molar-refractivity contribution in [3.05, 3.63) is 35.0 Å². The fourth-order valence-electron chi connectivity index (χ4n) is 2.61. The summed E-state index contributed by atoms with van der Waals surface area (Å²) in [6, 6.07) is 6.81. The molecule has 0 radical (unpaired) electrons. The van der Waals surface area contributed by atoms with Crippen molar-refractivity contribution in [3.8, 4) is 0 Å². The first-order chi connectivity index (χ1) is 11.1. The zero-order valence-corrected chi connectivity index (χ0v) is 13.5. The van der Waals surface area contributed by atoms with Gasteiger partial charge in [-0.1, -0.05) is 11.6 Å². The van der Waals surface area contributed by atoms with Gasteiger partial charge in [0.2, 0.25) is 0 Å². The van der Waals surface area contributed by atoms with Crippen molar-refractivity contribution in [1.82, 2.24) is 10.2 Å². The molecular formula is C16H19ClN2O4. The third-order valence-electron chi connectivity index (χ3n) is 3.89. The van der Waals surface area contributed by atoms with Crippen LogP contribution in [0.4, 0.5) is 4.79 Å². The second kappa shape index (κ2) is 6.78. The Morgan fingerprint density at radius 3 is 3.13 bits per heavy atom. The Labute approximate surface area is 139 Å². The van der Waals surface area contributed by atoms with E-state index in [0.717, 1.165) is 11.0 Å². The highest BCUT2D eigenvalue weighted by Crippen LogP contribution is 2.26. The number of hydrogen-bond donors (Lipinski definition) is 2. The smallest absolute Gasteiger partial charge is 0.318 e. The first kappa shape index (κ1) is 16.1. The Hall–Kier alpha value is -1.76. The van der Waals surface area contributed by atoms with Crippen LogP contribution in [0.25, 0.3) is 11.0 Å². The first-order valence-corrected chi connectivity index (χ1v) is 7.91. The minimum absolute atomic E-state index is 0.0936. The van der Waals surface area contributed by atoms with Gasteiger partial charge in [-0.25, -0.2) is 4.79 Å². The number of benzene rings is 1. The number of aliphatic hydroxyl groups excluding tert-OH is 1. The van der Waals surface area contributed by atoms with Crippen molar-refractivity contribution >= 4 is 28.6 Å². The number of furan rings is 1. The highest BCUT2D eigenvalue weighted by molar-refractivity contribution is 6.31. The molecule has 0 aliphatic carbocycles. The summed E-state index contributed by atoms with van der Waals surface area (Å²) in [6.07, 6.45) is -0.321. The summed E-state index contributed by atoms with van der Waals surface area (Å²) in [6.45, 7) is 3.08. The molecule has 2 N–H and O–H groups in total. The maximum atomic E-state index is 12.3. The molecule has 0 spiro atoms. The monoisotopic (exact) mass is 338 g/mol. The highest BCUT2D eigenvalue weighted by Gasteiger charge is 2.25. The number of hydrogen-bond acceptors (Lipinski definition) is 4. The van der Waals surface area contributed by atoms with Crippen LogP contribution in [0.15, 0.2) is 28.7 Å². The van der Waals surface area contributed by atoms with Gasteiger partial charge in [0, 0.05) is 17.0 Å². The van der Waals surface area contributed by atoms with Crippen LogP contribution < -0.4 is 5.32 Å². The molecular weight excluding hydrogens is 320 g/mol. The average Bonchev–Trinajstić information content (AvgIpc) is 2.98. The fourth-order valence-corrected chi connectivity index (χ4v) is 2.79. The Bertz CT molecular complexity index is 702. The third kappa shape index (κ3) is 3.60. The third-order valence-corrected chi connectivity index (χ3v) is 4.13. The Kier molecular flexibility index (Phi) is 4.75. The number of nitrogens with zero attached hydrogens (tertiary/aromatic N) is 1. The predicted octanol–water partition coefficient (Wildman–Crippen LogP) is 2.55. The van der Waals surface area contributed by atoms with Crippen LogP contribution in [0, 0.1) is 0 Å². The molecule has 2 heterocycles. The van der Waals surface area contributed by atoms with Gasteiger partial charge in [-0.3, -0.25) is 0 Å². The quantitative estimate of drug-likeness (QED) is 0.902. The molecule has 1 saturated heterocycles. The average molecular weight is 339 g/mol. The molecule has 7 heteroatoms. The van der Waals surface area contributed by atoms with Gasteiger partial charge in [0.15, 0.2) is 0 Å². The number of fused-ring (bicyclic) bond motifs is 1. The van der Waals surface area contributed by atoms with E-state index in [1.54, 1.807) is 11.0 Å². The molecule has 2 aromatic rings. The molecule has 1 aromatic heterocycles. The molecule has 1 aliphatic heterocycles. The Morgan fingerprint density at radius 2 is 2.35 bits per heavy atom. The van der Waals surface area contributed by atoms with Crippen LogP contribution in [-0.2, 0) is 4.74 Å². The number of urea groups is 1. The molecule has 1 fully saturated rings. The van der Waals surface area contributed by atoms with Gasteiger partial charge in [0.05, 0.1) is 31.9 Å². The maximum absolute atomic E-state index is 12.3. The second-order valence-electron chi connectivity index (χ2n) is 5.62. The predicted molar refractivity (Wildman–Crippen MR) is 86.6 cm³/mol. The molecule has 0 unspecified atom stereocenters. The maximum Gasteiger partial charge on any atom is 0.318 e. The lowest BCUT2D eigenvalue weighted by Gasteiger charge is -2.32. The molecule has 2 atom stereocenters. The number of ether oxygens (including phenoxy) is 1. The van der Waals surface area contributed by atoms with E-state index in [0.29, 0.717) is 30.5 Å². The van der Waals surface area contributed by atoms with Crippen LogP contribution in [0.3, 0.4) is 0 Å². The number of carbonyl (C=O) groups is 1. The molecule has 1 aliphatic rings. The zero-order chi connectivity index (χ0) is 16.4. The number of halogens is 1. The zero-order valence-electron chi connectivity index (χ0n) is 12.8. The summed E-state index contributed by atoms with van der Waals surface area (Å²) >= 11 is 5.97. The highest BCUT2D eigenvalue weighted by atomic mass is 35.5. The number of aliphatic hydroxyl groups is 1. The molecule has 0 bridgehead atoms. The first-order valence-electron chi connectivity index (χ1n) is 7.53. The van der Waals surface area contributed by atoms with Crippen molar-refractivity contribution in [2.75, 3.05) is 26.3 Å². The van der Waals surface area contributed by atoms with Crippen molar-refractivity contribution in [3.63, 3.8) is 0 Å².